The third-order valence-corrected chi connectivity index (χ3v) is 3.24. The maximum absolute atomic E-state index is 11.3. The molecule has 20 heavy (non-hydrogen) atoms. The van der Waals surface area contributed by atoms with Gasteiger partial charge in [0.25, 0.3) is 0 Å². The number of rotatable bonds is 5. The summed E-state index contributed by atoms with van der Waals surface area (Å²) >= 11 is 1.26. The fourth-order valence-electron chi connectivity index (χ4n) is 1.56. The summed E-state index contributed by atoms with van der Waals surface area (Å²) in [5.74, 6) is -0.0568. The number of esters is 1. The van der Waals surface area contributed by atoms with E-state index in [1.807, 2.05) is 25.1 Å². The molecule has 0 aliphatic rings. The van der Waals surface area contributed by atoms with Crippen LogP contribution in [0.25, 0.3) is 11.4 Å². The van der Waals surface area contributed by atoms with Crippen molar-refractivity contribution in [2.24, 2.45) is 0 Å². The van der Waals surface area contributed by atoms with Crippen molar-refractivity contribution in [1.29, 1.82) is 0 Å². The highest BCUT2D eigenvalue weighted by molar-refractivity contribution is 7.99. The summed E-state index contributed by atoms with van der Waals surface area (Å²) in [4.78, 5) is 24.3. The highest BCUT2D eigenvalue weighted by Crippen LogP contribution is 2.18. The van der Waals surface area contributed by atoms with Crippen LogP contribution < -0.4 is 0 Å². The summed E-state index contributed by atoms with van der Waals surface area (Å²) in [6.45, 7) is 4.09. The molecule has 5 nitrogen and oxygen atoms in total. The summed E-state index contributed by atoms with van der Waals surface area (Å²) in [5, 5.41) is 0.541. The van der Waals surface area contributed by atoms with Crippen LogP contribution in [0.1, 0.15) is 12.6 Å². The van der Waals surface area contributed by atoms with Crippen molar-refractivity contribution in [3.05, 3.63) is 36.2 Å². The Morgan fingerprint density at radius 2 is 2.05 bits per heavy atom. The van der Waals surface area contributed by atoms with Crippen LogP contribution in [0.3, 0.4) is 0 Å². The number of hydrogen-bond donors (Lipinski definition) is 0. The summed E-state index contributed by atoms with van der Waals surface area (Å²) < 4.78 is 4.87. The van der Waals surface area contributed by atoms with E-state index < -0.39 is 0 Å². The van der Waals surface area contributed by atoms with Crippen LogP contribution in [-0.4, -0.2) is 33.3 Å². The number of hydrogen-bond acceptors (Lipinski definition) is 6. The number of carbonyl (C=O) groups excluding carboxylic acids is 1. The van der Waals surface area contributed by atoms with Gasteiger partial charge in [-0.3, -0.25) is 9.78 Å². The Labute approximate surface area is 121 Å². The average Bonchev–Trinajstić information content (AvgIpc) is 2.46. The van der Waals surface area contributed by atoms with Crippen molar-refractivity contribution in [2.45, 2.75) is 19.0 Å². The highest BCUT2D eigenvalue weighted by atomic mass is 32.2. The van der Waals surface area contributed by atoms with E-state index in [4.69, 9.17) is 4.74 Å². The van der Waals surface area contributed by atoms with Crippen LogP contribution in [0.4, 0.5) is 0 Å². The predicted molar refractivity (Wildman–Crippen MR) is 77.4 cm³/mol. The van der Waals surface area contributed by atoms with Crippen LogP contribution in [0.15, 0.2) is 35.6 Å². The number of aryl methyl sites for hydroxylation is 1. The Morgan fingerprint density at radius 1 is 1.25 bits per heavy atom. The Kier molecular flexibility index (Phi) is 5.06. The SMILES string of the molecule is CCOC(=O)CSc1nccc(-c2cccc(C)n2)n1. The van der Waals surface area contributed by atoms with Gasteiger partial charge in [0, 0.05) is 11.9 Å². The van der Waals surface area contributed by atoms with Crippen molar-refractivity contribution in [1.82, 2.24) is 15.0 Å². The Hall–Kier alpha value is -1.95. The zero-order chi connectivity index (χ0) is 14.4. The van der Waals surface area contributed by atoms with Crippen molar-refractivity contribution < 1.29 is 9.53 Å². The lowest BCUT2D eigenvalue weighted by Gasteiger charge is -2.04. The second-order valence-corrected chi connectivity index (χ2v) is 4.92. The Morgan fingerprint density at radius 3 is 2.80 bits per heavy atom. The molecule has 2 rings (SSSR count). The van der Waals surface area contributed by atoms with Crippen LogP contribution >= 0.6 is 11.8 Å². The molecule has 6 heteroatoms. The molecule has 0 amide bonds. The number of ether oxygens (including phenoxy) is 1. The first-order valence-corrected chi connectivity index (χ1v) is 7.23. The molecule has 0 saturated heterocycles. The van der Waals surface area contributed by atoms with Crippen molar-refractivity contribution in [2.75, 3.05) is 12.4 Å². The number of nitrogens with zero attached hydrogens (tertiary/aromatic N) is 3. The fraction of sp³-hybridized carbons (Fsp3) is 0.286. The van der Waals surface area contributed by atoms with Gasteiger partial charge in [-0.15, -0.1) is 0 Å². The van der Waals surface area contributed by atoms with Gasteiger partial charge in [-0.05, 0) is 32.0 Å². The first-order chi connectivity index (χ1) is 9.69. The van der Waals surface area contributed by atoms with Crippen LogP contribution in [0.5, 0.6) is 0 Å². The molecule has 2 aromatic rings. The van der Waals surface area contributed by atoms with Crippen molar-refractivity contribution >= 4 is 17.7 Å². The Balaban J connectivity index is 2.10. The second-order valence-electron chi connectivity index (χ2n) is 3.98. The first-order valence-electron chi connectivity index (χ1n) is 6.24. The fourth-order valence-corrected chi connectivity index (χ4v) is 2.19. The molecule has 104 valence electrons. The number of pyridine rings is 1. The molecule has 0 N–H and O–H groups in total. The van der Waals surface area contributed by atoms with Gasteiger partial charge in [0.05, 0.1) is 23.7 Å². The molecule has 0 spiro atoms. The molecule has 0 fully saturated rings. The minimum absolute atomic E-state index is 0.207. The van der Waals surface area contributed by atoms with Gasteiger partial charge in [0.1, 0.15) is 0 Å². The summed E-state index contributed by atoms with van der Waals surface area (Å²) in [6, 6.07) is 7.57. The molecule has 2 aromatic heterocycles. The topological polar surface area (TPSA) is 65.0 Å². The molecule has 0 saturated carbocycles. The third-order valence-electron chi connectivity index (χ3n) is 2.41. The van der Waals surface area contributed by atoms with Crippen molar-refractivity contribution in [3.63, 3.8) is 0 Å². The van der Waals surface area contributed by atoms with Crippen molar-refractivity contribution in [3.8, 4) is 11.4 Å². The van der Waals surface area contributed by atoms with E-state index in [1.165, 1.54) is 11.8 Å². The predicted octanol–water partition coefficient (Wildman–Crippen LogP) is 2.50. The lowest BCUT2D eigenvalue weighted by Crippen LogP contribution is -2.07. The van der Waals surface area contributed by atoms with Crippen LogP contribution in [0.2, 0.25) is 0 Å². The van der Waals surface area contributed by atoms with E-state index in [1.54, 1.807) is 19.2 Å². The van der Waals surface area contributed by atoms with E-state index in [-0.39, 0.29) is 11.7 Å². The maximum atomic E-state index is 11.3. The molecule has 0 aromatic carbocycles. The normalized spacial score (nSPS) is 10.3. The molecule has 0 bridgehead atoms. The second kappa shape index (κ2) is 7.00. The molecule has 0 radical (unpaired) electrons. The van der Waals surface area contributed by atoms with Gasteiger partial charge >= 0.3 is 5.97 Å². The highest BCUT2D eigenvalue weighted by Gasteiger charge is 2.07. The molecule has 0 aliphatic heterocycles. The van der Waals surface area contributed by atoms with Crippen LogP contribution in [-0.2, 0) is 9.53 Å². The monoisotopic (exact) mass is 289 g/mol. The zero-order valence-corrected chi connectivity index (χ0v) is 12.2. The van der Waals surface area contributed by atoms with Gasteiger partial charge in [0.15, 0.2) is 5.16 Å². The number of thioether (sulfide) groups is 1. The maximum Gasteiger partial charge on any atom is 0.316 e. The van der Waals surface area contributed by atoms with E-state index in [2.05, 4.69) is 15.0 Å². The van der Waals surface area contributed by atoms with E-state index in [9.17, 15) is 4.79 Å². The minimum atomic E-state index is -0.264. The third kappa shape index (κ3) is 4.03. The molecular formula is C14H15N3O2S. The van der Waals surface area contributed by atoms with Gasteiger partial charge in [0.2, 0.25) is 0 Å². The van der Waals surface area contributed by atoms with Gasteiger partial charge in [-0.25, -0.2) is 9.97 Å². The first kappa shape index (κ1) is 14.5. The van der Waals surface area contributed by atoms with Gasteiger partial charge in [-0.1, -0.05) is 17.8 Å². The number of carbonyl (C=O) groups is 1. The molecule has 0 unspecified atom stereocenters. The van der Waals surface area contributed by atoms with E-state index in [0.29, 0.717) is 11.8 Å². The van der Waals surface area contributed by atoms with E-state index in [0.717, 1.165) is 17.1 Å². The summed E-state index contributed by atoms with van der Waals surface area (Å²) in [7, 11) is 0. The molecule has 2 heterocycles. The molecular weight excluding hydrogens is 274 g/mol. The standard InChI is InChI=1S/C14H15N3O2S/c1-3-19-13(18)9-20-14-15-8-7-12(17-14)11-6-4-5-10(2)16-11/h4-8H,3,9H2,1-2H3. The smallest absolute Gasteiger partial charge is 0.316 e. The average molecular weight is 289 g/mol. The summed E-state index contributed by atoms with van der Waals surface area (Å²) in [5.41, 5.74) is 2.47. The van der Waals surface area contributed by atoms with Gasteiger partial charge < -0.3 is 4.74 Å². The molecule has 0 atom stereocenters. The zero-order valence-electron chi connectivity index (χ0n) is 11.4. The van der Waals surface area contributed by atoms with Crippen LogP contribution in [0, 0.1) is 6.92 Å². The van der Waals surface area contributed by atoms with Gasteiger partial charge in [-0.2, -0.15) is 0 Å². The largest absolute Gasteiger partial charge is 0.465 e. The lowest BCUT2D eigenvalue weighted by atomic mass is 10.2. The number of aromatic nitrogens is 3. The quantitative estimate of drug-likeness (QED) is 0.479. The molecule has 0 aliphatic carbocycles. The minimum Gasteiger partial charge on any atom is -0.465 e. The Bertz CT molecular complexity index is 604. The summed E-state index contributed by atoms with van der Waals surface area (Å²) in [6.07, 6.45) is 1.67. The van der Waals surface area contributed by atoms with E-state index >= 15 is 0 Å². The lowest BCUT2D eigenvalue weighted by molar-refractivity contribution is -0.139.